The fourth-order valence-corrected chi connectivity index (χ4v) is 4.22. The maximum absolute atomic E-state index is 12.7. The molecular formula is C20H23N5OS. The van der Waals surface area contributed by atoms with E-state index in [1.54, 1.807) is 0 Å². The predicted octanol–water partition coefficient (Wildman–Crippen LogP) is 3.59. The fourth-order valence-electron chi connectivity index (χ4n) is 3.50. The van der Waals surface area contributed by atoms with Crippen molar-refractivity contribution in [2.24, 2.45) is 0 Å². The Balaban J connectivity index is 1.46. The number of amides is 1. The third kappa shape index (κ3) is 3.99. The molecule has 0 bridgehead atoms. The molecule has 1 aliphatic heterocycles. The maximum atomic E-state index is 12.7. The Morgan fingerprint density at radius 1 is 1.22 bits per heavy atom. The van der Waals surface area contributed by atoms with Gasteiger partial charge < -0.3 is 4.90 Å². The lowest BCUT2D eigenvalue weighted by Crippen LogP contribution is -2.21. The molecule has 0 spiro atoms. The highest BCUT2D eigenvalue weighted by Crippen LogP contribution is 2.22. The molecule has 140 valence electrons. The third-order valence-electron chi connectivity index (χ3n) is 5.01. The van der Waals surface area contributed by atoms with E-state index < -0.39 is 0 Å². The number of likely N-dealkylation sites (tertiary alicyclic amines) is 1. The summed E-state index contributed by atoms with van der Waals surface area (Å²) in [6.07, 6.45) is 3.45. The lowest BCUT2D eigenvalue weighted by molar-refractivity contribution is 0.102. The van der Waals surface area contributed by atoms with Crippen LogP contribution in [0, 0.1) is 13.8 Å². The van der Waals surface area contributed by atoms with E-state index >= 15 is 0 Å². The summed E-state index contributed by atoms with van der Waals surface area (Å²) in [5.41, 5.74) is 3.33. The molecule has 1 amide bonds. The van der Waals surface area contributed by atoms with Crippen LogP contribution in [0.25, 0.3) is 10.9 Å². The van der Waals surface area contributed by atoms with Gasteiger partial charge in [0.05, 0.1) is 16.8 Å². The number of rotatable bonds is 5. The number of carbonyl (C=O) groups excluding carboxylic acids is 1. The van der Waals surface area contributed by atoms with E-state index in [9.17, 15) is 4.79 Å². The van der Waals surface area contributed by atoms with Gasteiger partial charge in [-0.2, -0.15) is 0 Å². The fraction of sp³-hybridized carbons (Fsp3) is 0.400. The normalized spacial score (nSPS) is 14.7. The molecule has 0 atom stereocenters. The topological polar surface area (TPSA) is 71.0 Å². The number of aryl methyl sites for hydroxylation is 2. The van der Waals surface area contributed by atoms with Crippen molar-refractivity contribution < 1.29 is 4.79 Å². The molecule has 0 aliphatic carbocycles. The second-order valence-corrected chi connectivity index (χ2v) is 8.08. The van der Waals surface area contributed by atoms with Gasteiger partial charge in [0.25, 0.3) is 5.91 Å². The second kappa shape index (κ2) is 7.70. The number of nitrogens with one attached hydrogen (secondary N) is 1. The molecule has 0 radical (unpaired) electrons. The van der Waals surface area contributed by atoms with E-state index in [1.165, 1.54) is 37.3 Å². The molecule has 0 saturated carbocycles. The van der Waals surface area contributed by atoms with Crippen molar-refractivity contribution in [1.82, 2.24) is 20.1 Å². The molecule has 3 aromatic rings. The highest BCUT2D eigenvalue weighted by Gasteiger charge is 2.16. The molecule has 1 aromatic carbocycles. The first kappa shape index (κ1) is 18.0. The number of aromatic nitrogens is 3. The van der Waals surface area contributed by atoms with Gasteiger partial charge in [0.2, 0.25) is 5.13 Å². The number of nitrogens with zero attached hydrogens (tertiary/aromatic N) is 4. The van der Waals surface area contributed by atoms with Gasteiger partial charge in [0.15, 0.2) is 0 Å². The quantitative estimate of drug-likeness (QED) is 0.731. The average Bonchev–Trinajstić information content (AvgIpc) is 3.32. The Morgan fingerprint density at radius 3 is 2.85 bits per heavy atom. The van der Waals surface area contributed by atoms with Crippen LogP contribution in [0.3, 0.4) is 0 Å². The minimum absolute atomic E-state index is 0.189. The molecule has 7 heteroatoms. The van der Waals surface area contributed by atoms with E-state index in [0.29, 0.717) is 16.4 Å². The van der Waals surface area contributed by atoms with E-state index in [4.69, 9.17) is 0 Å². The highest BCUT2D eigenvalue weighted by atomic mass is 32.1. The summed E-state index contributed by atoms with van der Waals surface area (Å²) in [5, 5.41) is 13.7. The van der Waals surface area contributed by atoms with Gasteiger partial charge in [0, 0.05) is 18.4 Å². The predicted molar refractivity (Wildman–Crippen MR) is 108 cm³/mol. The first-order valence-electron chi connectivity index (χ1n) is 9.33. The average molecular weight is 382 g/mol. The zero-order valence-corrected chi connectivity index (χ0v) is 16.5. The molecule has 6 nitrogen and oxygen atoms in total. The van der Waals surface area contributed by atoms with Crippen molar-refractivity contribution in [2.75, 3.05) is 25.0 Å². The van der Waals surface area contributed by atoms with E-state index in [1.807, 2.05) is 38.1 Å². The Morgan fingerprint density at radius 2 is 2.04 bits per heavy atom. The molecule has 2 aromatic heterocycles. The van der Waals surface area contributed by atoms with Crippen LogP contribution < -0.4 is 5.32 Å². The molecule has 0 unspecified atom stereocenters. The molecule has 27 heavy (non-hydrogen) atoms. The Bertz CT molecular complexity index is 978. The Hall–Kier alpha value is -2.38. The Kier molecular flexibility index (Phi) is 5.13. The Labute approximate surface area is 162 Å². The lowest BCUT2D eigenvalue weighted by atomic mass is 10.1. The van der Waals surface area contributed by atoms with Crippen LogP contribution >= 0.6 is 11.3 Å². The van der Waals surface area contributed by atoms with Crippen LogP contribution in [-0.2, 0) is 6.42 Å². The first-order chi connectivity index (χ1) is 13.1. The van der Waals surface area contributed by atoms with E-state index in [-0.39, 0.29) is 5.91 Å². The molecule has 1 fully saturated rings. The van der Waals surface area contributed by atoms with Gasteiger partial charge in [-0.3, -0.25) is 15.1 Å². The van der Waals surface area contributed by atoms with Crippen LogP contribution in [-0.4, -0.2) is 45.6 Å². The second-order valence-electron chi connectivity index (χ2n) is 7.02. The van der Waals surface area contributed by atoms with Crippen LogP contribution in [0.2, 0.25) is 0 Å². The SMILES string of the molecule is Cc1nc2c(C)cccc2cc1C(=O)Nc1nnc(CCN2CCCC2)s1. The summed E-state index contributed by atoms with van der Waals surface area (Å²) in [5.74, 6) is -0.189. The maximum Gasteiger partial charge on any atom is 0.259 e. The number of carbonyl (C=O) groups is 1. The summed E-state index contributed by atoms with van der Waals surface area (Å²) < 4.78 is 0. The summed E-state index contributed by atoms with van der Waals surface area (Å²) in [4.78, 5) is 19.8. The summed E-state index contributed by atoms with van der Waals surface area (Å²) >= 11 is 1.45. The van der Waals surface area contributed by atoms with Crippen molar-refractivity contribution >= 4 is 33.3 Å². The number of pyridine rings is 1. The summed E-state index contributed by atoms with van der Waals surface area (Å²) in [6.45, 7) is 7.25. The molecule has 1 saturated heterocycles. The highest BCUT2D eigenvalue weighted by molar-refractivity contribution is 7.15. The lowest BCUT2D eigenvalue weighted by Gasteiger charge is -2.12. The van der Waals surface area contributed by atoms with Crippen LogP contribution in [0.5, 0.6) is 0 Å². The van der Waals surface area contributed by atoms with Crippen molar-refractivity contribution in [1.29, 1.82) is 0 Å². The largest absolute Gasteiger partial charge is 0.303 e. The number of benzene rings is 1. The van der Waals surface area contributed by atoms with E-state index in [2.05, 4.69) is 25.4 Å². The van der Waals surface area contributed by atoms with Crippen LogP contribution in [0.4, 0.5) is 5.13 Å². The summed E-state index contributed by atoms with van der Waals surface area (Å²) in [6, 6.07) is 7.88. The van der Waals surface area contributed by atoms with Crippen molar-refractivity contribution in [2.45, 2.75) is 33.1 Å². The minimum atomic E-state index is -0.189. The van der Waals surface area contributed by atoms with Crippen LogP contribution in [0.15, 0.2) is 24.3 Å². The van der Waals surface area contributed by atoms with Gasteiger partial charge in [-0.1, -0.05) is 29.5 Å². The van der Waals surface area contributed by atoms with Gasteiger partial charge in [-0.05, 0) is 51.4 Å². The molecular weight excluding hydrogens is 358 g/mol. The number of anilines is 1. The molecule has 1 N–H and O–H groups in total. The van der Waals surface area contributed by atoms with Gasteiger partial charge >= 0.3 is 0 Å². The van der Waals surface area contributed by atoms with Gasteiger partial charge in [-0.15, -0.1) is 10.2 Å². The number of para-hydroxylation sites is 1. The molecule has 1 aliphatic rings. The monoisotopic (exact) mass is 381 g/mol. The van der Waals surface area contributed by atoms with Gasteiger partial charge in [-0.25, -0.2) is 0 Å². The van der Waals surface area contributed by atoms with Crippen LogP contribution in [0.1, 0.15) is 39.5 Å². The number of hydrogen-bond donors (Lipinski definition) is 1. The smallest absolute Gasteiger partial charge is 0.259 e. The standard InChI is InChI=1S/C20H23N5OS/c1-13-6-5-7-15-12-16(14(2)21-18(13)15)19(26)22-20-24-23-17(27-20)8-11-25-9-3-4-10-25/h5-7,12H,3-4,8-11H2,1-2H3,(H,22,24,26). The van der Waals surface area contributed by atoms with Crippen molar-refractivity contribution in [3.05, 3.63) is 46.1 Å². The molecule has 4 rings (SSSR count). The van der Waals surface area contributed by atoms with Crippen molar-refractivity contribution in [3.63, 3.8) is 0 Å². The zero-order valence-electron chi connectivity index (χ0n) is 15.7. The van der Waals surface area contributed by atoms with Crippen molar-refractivity contribution in [3.8, 4) is 0 Å². The number of fused-ring (bicyclic) bond motifs is 1. The van der Waals surface area contributed by atoms with E-state index in [0.717, 1.165) is 34.4 Å². The minimum Gasteiger partial charge on any atom is -0.303 e. The van der Waals surface area contributed by atoms with Gasteiger partial charge in [0.1, 0.15) is 5.01 Å². The summed E-state index contributed by atoms with van der Waals surface area (Å²) in [7, 11) is 0. The molecule has 3 heterocycles. The third-order valence-corrected chi connectivity index (χ3v) is 5.91. The zero-order chi connectivity index (χ0) is 18.8. The first-order valence-corrected chi connectivity index (χ1v) is 10.1. The number of hydrogen-bond acceptors (Lipinski definition) is 6.